The molecule has 0 aromatic carbocycles. The first-order valence-electron chi connectivity index (χ1n) is 3.78. The van der Waals surface area contributed by atoms with Crippen molar-refractivity contribution < 1.29 is 0 Å². The van der Waals surface area contributed by atoms with E-state index in [1.807, 2.05) is 19.3 Å². The van der Waals surface area contributed by atoms with Gasteiger partial charge in [0.25, 0.3) is 0 Å². The van der Waals surface area contributed by atoms with Crippen molar-refractivity contribution in [3.63, 3.8) is 0 Å². The fourth-order valence-corrected chi connectivity index (χ4v) is 1.28. The van der Waals surface area contributed by atoms with Gasteiger partial charge >= 0.3 is 0 Å². The Morgan fingerprint density at radius 3 is 3.17 bits per heavy atom. The molecule has 0 atom stereocenters. The van der Waals surface area contributed by atoms with Crippen LogP contribution in [0.2, 0.25) is 0 Å². The van der Waals surface area contributed by atoms with Crippen LogP contribution < -0.4 is 5.73 Å². The highest BCUT2D eigenvalue weighted by Crippen LogP contribution is 2.13. The number of nitrogens with zero attached hydrogens (tertiary/aromatic N) is 3. The van der Waals surface area contributed by atoms with Gasteiger partial charge in [-0.15, -0.1) is 0 Å². The number of rotatable bonds is 1. The highest BCUT2D eigenvalue weighted by atomic mass is 15.2. The number of aryl methyl sites for hydroxylation is 1. The van der Waals surface area contributed by atoms with Crippen molar-refractivity contribution in [2.24, 2.45) is 12.8 Å². The van der Waals surface area contributed by atoms with E-state index in [2.05, 4.69) is 10.1 Å². The zero-order valence-electron chi connectivity index (χ0n) is 6.86. The molecule has 4 heteroatoms. The second kappa shape index (κ2) is 2.57. The van der Waals surface area contributed by atoms with Gasteiger partial charge in [-0.1, -0.05) is 0 Å². The summed E-state index contributed by atoms with van der Waals surface area (Å²) in [6.07, 6.45) is 3.67. The molecule has 2 rings (SSSR count). The lowest BCUT2D eigenvalue weighted by Gasteiger charge is -1.94. The van der Waals surface area contributed by atoms with E-state index in [1.54, 1.807) is 10.9 Å². The fraction of sp³-hybridized carbons (Fsp3) is 0.250. The maximum absolute atomic E-state index is 5.53. The molecule has 0 aliphatic carbocycles. The summed E-state index contributed by atoms with van der Waals surface area (Å²) >= 11 is 0. The molecule has 62 valence electrons. The van der Waals surface area contributed by atoms with Crippen LogP contribution in [0, 0.1) is 0 Å². The molecular weight excluding hydrogens is 152 g/mol. The predicted octanol–water partition coefficient (Wildman–Crippen LogP) is 0.427. The molecule has 0 saturated carbocycles. The van der Waals surface area contributed by atoms with Gasteiger partial charge in [0.05, 0.1) is 11.2 Å². The third kappa shape index (κ3) is 0.967. The Balaban J connectivity index is 2.78. The van der Waals surface area contributed by atoms with Gasteiger partial charge in [0.1, 0.15) is 0 Å². The molecule has 0 aliphatic heterocycles. The van der Waals surface area contributed by atoms with Crippen LogP contribution in [0.25, 0.3) is 10.9 Å². The van der Waals surface area contributed by atoms with Crippen LogP contribution in [0.15, 0.2) is 18.5 Å². The number of pyridine rings is 1. The van der Waals surface area contributed by atoms with Crippen LogP contribution in [-0.2, 0) is 13.6 Å². The minimum atomic E-state index is 0.461. The molecule has 0 aliphatic rings. The quantitative estimate of drug-likeness (QED) is 0.661. The summed E-state index contributed by atoms with van der Waals surface area (Å²) in [6.45, 7) is 0.461. The SMILES string of the molecule is Cn1cc2c(CN)nccc2n1. The van der Waals surface area contributed by atoms with Gasteiger partial charge in [-0.25, -0.2) is 0 Å². The molecule has 0 fully saturated rings. The third-order valence-corrected chi connectivity index (χ3v) is 1.82. The Morgan fingerprint density at radius 1 is 1.58 bits per heavy atom. The zero-order chi connectivity index (χ0) is 8.55. The second-order valence-corrected chi connectivity index (χ2v) is 2.70. The number of fused-ring (bicyclic) bond motifs is 1. The van der Waals surface area contributed by atoms with E-state index in [-0.39, 0.29) is 0 Å². The maximum Gasteiger partial charge on any atom is 0.0957 e. The predicted molar refractivity (Wildman–Crippen MR) is 46.4 cm³/mol. The van der Waals surface area contributed by atoms with Gasteiger partial charge in [0.2, 0.25) is 0 Å². The average molecular weight is 162 g/mol. The lowest BCUT2D eigenvalue weighted by molar-refractivity contribution is 0.779. The Morgan fingerprint density at radius 2 is 2.42 bits per heavy atom. The molecular formula is C8H10N4. The minimum absolute atomic E-state index is 0.461. The molecule has 0 radical (unpaired) electrons. The normalized spacial score (nSPS) is 10.8. The van der Waals surface area contributed by atoms with Crippen molar-refractivity contribution in [3.8, 4) is 0 Å². The van der Waals surface area contributed by atoms with E-state index in [0.29, 0.717) is 6.54 Å². The van der Waals surface area contributed by atoms with Crippen LogP contribution >= 0.6 is 0 Å². The van der Waals surface area contributed by atoms with Crippen LogP contribution in [0.3, 0.4) is 0 Å². The molecule has 12 heavy (non-hydrogen) atoms. The molecule has 2 N–H and O–H groups in total. The van der Waals surface area contributed by atoms with Crippen molar-refractivity contribution in [2.75, 3.05) is 0 Å². The summed E-state index contributed by atoms with van der Waals surface area (Å²) in [5.74, 6) is 0. The van der Waals surface area contributed by atoms with Crippen LogP contribution in [0.4, 0.5) is 0 Å². The number of aromatic nitrogens is 3. The maximum atomic E-state index is 5.53. The first kappa shape index (κ1) is 7.24. The number of hydrogen-bond donors (Lipinski definition) is 1. The van der Waals surface area contributed by atoms with E-state index >= 15 is 0 Å². The largest absolute Gasteiger partial charge is 0.325 e. The number of nitrogens with two attached hydrogens (primary N) is 1. The van der Waals surface area contributed by atoms with Gasteiger partial charge in [0.15, 0.2) is 0 Å². The van der Waals surface area contributed by atoms with Crippen LogP contribution in [0.1, 0.15) is 5.69 Å². The van der Waals surface area contributed by atoms with Gasteiger partial charge in [0, 0.05) is 31.4 Å². The smallest absolute Gasteiger partial charge is 0.0957 e. The molecule has 0 bridgehead atoms. The first-order valence-corrected chi connectivity index (χ1v) is 3.78. The fourth-order valence-electron chi connectivity index (χ4n) is 1.28. The Bertz CT molecular complexity index is 404. The minimum Gasteiger partial charge on any atom is -0.325 e. The zero-order valence-corrected chi connectivity index (χ0v) is 6.86. The highest BCUT2D eigenvalue weighted by molar-refractivity contribution is 5.80. The monoisotopic (exact) mass is 162 g/mol. The third-order valence-electron chi connectivity index (χ3n) is 1.82. The molecule has 2 heterocycles. The molecule has 2 aromatic rings. The van der Waals surface area contributed by atoms with E-state index < -0.39 is 0 Å². The Labute approximate surface area is 70.0 Å². The Hall–Kier alpha value is -1.42. The average Bonchev–Trinajstić information content (AvgIpc) is 2.44. The van der Waals surface area contributed by atoms with Crippen molar-refractivity contribution in [3.05, 3.63) is 24.2 Å². The number of hydrogen-bond acceptors (Lipinski definition) is 3. The van der Waals surface area contributed by atoms with Gasteiger partial charge < -0.3 is 5.73 Å². The summed E-state index contributed by atoms with van der Waals surface area (Å²) in [5, 5.41) is 5.29. The lowest BCUT2D eigenvalue weighted by atomic mass is 10.2. The summed E-state index contributed by atoms with van der Waals surface area (Å²) in [4.78, 5) is 4.16. The van der Waals surface area contributed by atoms with E-state index in [9.17, 15) is 0 Å². The van der Waals surface area contributed by atoms with Crippen LogP contribution in [-0.4, -0.2) is 14.8 Å². The summed E-state index contributed by atoms with van der Waals surface area (Å²) in [5.41, 5.74) is 7.38. The van der Waals surface area contributed by atoms with Crippen molar-refractivity contribution in [1.29, 1.82) is 0 Å². The van der Waals surface area contributed by atoms with Crippen molar-refractivity contribution in [2.45, 2.75) is 6.54 Å². The standard InChI is InChI=1S/C8H10N4/c1-12-5-6-7(11-12)2-3-10-8(6)4-9/h2-3,5H,4,9H2,1H3. The molecule has 0 spiro atoms. The lowest BCUT2D eigenvalue weighted by Crippen LogP contribution is -1.98. The summed E-state index contributed by atoms with van der Waals surface area (Å²) < 4.78 is 1.77. The molecule has 0 saturated heterocycles. The second-order valence-electron chi connectivity index (χ2n) is 2.70. The summed E-state index contributed by atoms with van der Waals surface area (Å²) in [6, 6.07) is 1.88. The first-order chi connectivity index (χ1) is 5.81. The molecule has 0 unspecified atom stereocenters. The van der Waals surface area contributed by atoms with Gasteiger partial charge in [-0.05, 0) is 6.07 Å². The molecule has 4 nitrogen and oxygen atoms in total. The van der Waals surface area contributed by atoms with Gasteiger partial charge in [-0.3, -0.25) is 9.67 Å². The molecule has 0 amide bonds. The topological polar surface area (TPSA) is 56.7 Å². The highest BCUT2D eigenvalue weighted by Gasteiger charge is 2.02. The van der Waals surface area contributed by atoms with E-state index in [0.717, 1.165) is 16.6 Å². The van der Waals surface area contributed by atoms with E-state index in [1.165, 1.54) is 0 Å². The van der Waals surface area contributed by atoms with Crippen molar-refractivity contribution >= 4 is 10.9 Å². The van der Waals surface area contributed by atoms with Crippen molar-refractivity contribution in [1.82, 2.24) is 14.8 Å². The Kier molecular flexibility index (Phi) is 1.55. The summed E-state index contributed by atoms with van der Waals surface area (Å²) in [7, 11) is 1.89. The molecule has 2 aromatic heterocycles. The van der Waals surface area contributed by atoms with Gasteiger partial charge in [-0.2, -0.15) is 5.10 Å². The van der Waals surface area contributed by atoms with E-state index in [4.69, 9.17) is 5.73 Å². The van der Waals surface area contributed by atoms with Crippen LogP contribution in [0.5, 0.6) is 0 Å².